The summed E-state index contributed by atoms with van der Waals surface area (Å²) in [6.07, 6.45) is 8.21. The molecule has 2 unspecified atom stereocenters. The van der Waals surface area contributed by atoms with Gasteiger partial charge < -0.3 is 20.1 Å². The SMILES string of the molecule is CCc1ccc(CCOc2ccc(CC(C)(SC=O)C(=O)NC)cc2)nc1.CCc1ccc(CCOc2ccc(CC(C)(SC=O)C(=O)NC)cc2)nc1. The normalized spacial score (nSPS) is 12.9. The van der Waals surface area contributed by atoms with Crippen LogP contribution in [-0.4, -0.2) is 69.8 Å². The number of nitrogens with one attached hydrogen (secondary N) is 2. The van der Waals surface area contributed by atoms with Gasteiger partial charge in [0.25, 0.3) is 0 Å². The van der Waals surface area contributed by atoms with Gasteiger partial charge in [-0.3, -0.25) is 29.1 Å². The molecule has 0 bridgehead atoms. The summed E-state index contributed by atoms with van der Waals surface area (Å²) in [4.78, 5) is 54.9. The first-order chi connectivity index (χ1) is 26.0. The Bertz CT molecular complexity index is 1630. The zero-order chi connectivity index (χ0) is 39.4. The third-order valence-corrected chi connectivity index (χ3v) is 10.7. The minimum absolute atomic E-state index is 0.165. The van der Waals surface area contributed by atoms with E-state index in [9.17, 15) is 19.2 Å². The Hall–Kier alpha value is -4.68. The van der Waals surface area contributed by atoms with Gasteiger partial charge in [-0.1, -0.05) is 73.8 Å². The highest BCUT2D eigenvalue weighted by Gasteiger charge is 2.34. The molecule has 2 N–H and O–H groups in total. The number of nitrogens with zero attached hydrogens (tertiary/aromatic N) is 2. The molecule has 2 amide bonds. The van der Waals surface area contributed by atoms with E-state index in [1.807, 2.05) is 73.1 Å². The van der Waals surface area contributed by atoms with Crippen molar-refractivity contribution in [2.24, 2.45) is 0 Å². The summed E-state index contributed by atoms with van der Waals surface area (Å²) in [6.45, 7) is 8.86. The van der Waals surface area contributed by atoms with Gasteiger partial charge in [-0.2, -0.15) is 0 Å². The number of ether oxygens (including phenoxy) is 2. The van der Waals surface area contributed by atoms with Crippen molar-refractivity contribution < 1.29 is 28.7 Å². The van der Waals surface area contributed by atoms with Gasteiger partial charge in [0.2, 0.25) is 11.8 Å². The number of aryl methyl sites for hydroxylation is 2. The molecule has 12 heteroatoms. The minimum Gasteiger partial charge on any atom is -0.493 e. The number of amides is 2. The second-order valence-electron chi connectivity index (χ2n) is 12.9. The molecule has 10 nitrogen and oxygen atoms in total. The average molecular weight is 773 g/mol. The van der Waals surface area contributed by atoms with E-state index in [0.29, 0.717) is 37.3 Å². The maximum Gasteiger partial charge on any atom is 0.236 e. The summed E-state index contributed by atoms with van der Waals surface area (Å²) in [5.41, 5.74) is 7.85. The lowest BCUT2D eigenvalue weighted by Crippen LogP contribution is -2.42. The summed E-state index contributed by atoms with van der Waals surface area (Å²) < 4.78 is 9.93. The predicted octanol–water partition coefficient (Wildman–Crippen LogP) is 6.47. The standard InChI is InChI=1S/2C21H26N2O3S/c2*1-4-16-5-8-18(23-14-16)11-12-26-19-9-6-17(7-10-19)13-21(2,27-15-24)20(25)22-3/h2*5-10,14-15H,4,11-13H2,1-3H3,(H,22,25). The quantitative estimate of drug-likeness (QED) is 0.0963. The molecule has 0 saturated carbocycles. The lowest BCUT2D eigenvalue weighted by atomic mass is 9.99. The number of aromatic nitrogens is 2. The number of benzene rings is 2. The molecule has 4 aromatic rings. The van der Waals surface area contributed by atoms with E-state index in [0.717, 1.165) is 83.2 Å². The van der Waals surface area contributed by atoms with E-state index < -0.39 is 9.49 Å². The van der Waals surface area contributed by atoms with Gasteiger partial charge in [-0.15, -0.1) is 0 Å². The Balaban J connectivity index is 0.000000290. The van der Waals surface area contributed by atoms with Crippen LogP contribution in [-0.2, 0) is 57.7 Å². The monoisotopic (exact) mass is 772 g/mol. The topological polar surface area (TPSA) is 137 Å². The van der Waals surface area contributed by atoms with E-state index in [2.05, 4.69) is 46.6 Å². The lowest BCUT2D eigenvalue weighted by Gasteiger charge is -2.24. The van der Waals surface area contributed by atoms with Gasteiger partial charge in [0.1, 0.15) is 21.0 Å². The van der Waals surface area contributed by atoms with E-state index >= 15 is 0 Å². The molecule has 0 fully saturated rings. The summed E-state index contributed by atoms with van der Waals surface area (Å²) in [7, 11) is 3.15. The van der Waals surface area contributed by atoms with Crippen LogP contribution >= 0.6 is 23.5 Å². The molecular weight excluding hydrogens is 721 g/mol. The van der Waals surface area contributed by atoms with Gasteiger partial charge in [-0.25, -0.2) is 0 Å². The van der Waals surface area contributed by atoms with Crippen molar-refractivity contribution in [3.05, 3.63) is 119 Å². The van der Waals surface area contributed by atoms with Crippen LogP contribution in [0.1, 0.15) is 61.3 Å². The summed E-state index contributed by atoms with van der Waals surface area (Å²) in [5, 5.41) is 5.25. The first-order valence-electron chi connectivity index (χ1n) is 18.0. The molecule has 0 aliphatic heterocycles. The summed E-state index contributed by atoms with van der Waals surface area (Å²) in [6, 6.07) is 23.5. The van der Waals surface area contributed by atoms with Crippen LogP contribution in [0.2, 0.25) is 0 Å². The molecule has 0 radical (unpaired) electrons. The van der Waals surface area contributed by atoms with Crippen molar-refractivity contribution >= 4 is 46.6 Å². The van der Waals surface area contributed by atoms with E-state index in [1.165, 1.54) is 11.1 Å². The Labute approximate surface area is 328 Å². The molecule has 288 valence electrons. The van der Waals surface area contributed by atoms with Gasteiger partial charge in [0.05, 0.1) is 13.2 Å². The predicted molar refractivity (Wildman–Crippen MR) is 220 cm³/mol. The highest BCUT2D eigenvalue weighted by atomic mass is 32.2. The Morgan fingerprint density at radius 1 is 0.611 bits per heavy atom. The second kappa shape index (κ2) is 22.5. The smallest absolute Gasteiger partial charge is 0.236 e. The van der Waals surface area contributed by atoms with Gasteiger partial charge in [0.15, 0.2) is 11.2 Å². The van der Waals surface area contributed by atoms with Crippen LogP contribution in [0.3, 0.4) is 0 Å². The number of pyridine rings is 2. The van der Waals surface area contributed by atoms with Crippen molar-refractivity contribution in [3.63, 3.8) is 0 Å². The average Bonchev–Trinajstić information content (AvgIpc) is 3.19. The molecular formula is C42H52N4O6S2. The molecule has 2 aromatic heterocycles. The zero-order valence-corrected chi connectivity index (χ0v) is 33.7. The Morgan fingerprint density at radius 3 is 1.24 bits per heavy atom. The molecule has 54 heavy (non-hydrogen) atoms. The van der Waals surface area contributed by atoms with Crippen LogP contribution < -0.4 is 20.1 Å². The number of hydrogen-bond donors (Lipinski definition) is 2. The third-order valence-electron chi connectivity index (χ3n) is 8.80. The molecule has 2 heterocycles. The van der Waals surface area contributed by atoms with Gasteiger partial charge >= 0.3 is 0 Å². The fraction of sp³-hybridized carbons (Fsp3) is 0.381. The Morgan fingerprint density at radius 2 is 0.963 bits per heavy atom. The zero-order valence-electron chi connectivity index (χ0n) is 32.1. The molecule has 2 atom stereocenters. The summed E-state index contributed by atoms with van der Waals surface area (Å²) in [5.74, 6) is 1.21. The fourth-order valence-electron chi connectivity index (χ4n) is 5.45. The minimum atomic E-state index is -0.824. The molecule has 0 spiro atoms. The van der Waals surface area contributed by atoms with Crippen LogP contribution in [0.25, 0.3) is 0 Å². The first-order valence-corrected chi connectivity index (χ1v) is 19.8. The maximum absolute atomic E-state index is 12.1. The highest BCUT2D eigenvalue weighted by molar-refractivity contribution is 8.13. The highest BCUT2D eigenvalue weighted by Crippen LogP contribution is 2.30. The van der Waals surface area contributed by atoms with Crippen molar-refractivity contribution in [3.8, 4) is 11.5 Å². The second-order valence-corrected chi connectivity index (χ2v) is 15.6. The van der Waals surface area contributed by atoms with Crippen molar-refractivity contribution in [1.82, 2.24) is 20.6 Å². The molecule has 2 aromatic carbocycles. The number of rotatable bonds is 20. The van der Waals surface area contributed by atoms with Gasteiger partial charge in [-0.05, 0) is 98.2 Å². The van der Waals surface area contributed by atoms with E-state index in [1.54, 1.807) is 27.9 Å². The Kier molecular flexibility index (Phi) is 18.2. The van der Waals surface area contributed by atoms with Crippen molar-refractivity contribution in [2.75, 3.05) is 27.3 Å². The van der Waals surface area contributed by atoms with Crippen molar-refractivity contribution in [1.29, 1.82) is 0 Å². The van der Waals surface area contributed by atoms with Gasteiger partial charge in [0, 0.05) is 50.7 Å². The molecule has 0 aliphatic rings. The van der Waals surface area contributed by atoms with Crippen LogP contribution in [0.15, 0.2) is 85.2 Å². The van der Waals surface area contributed by atoms with Crippen LogP contribution in [0, 0.1) is 0 Å². The van der Waals surface area contributed by atoms with Crippen LogP contribution in [0.5, 0.6) is 11.5 Å². The number of hydrogen-bond acceptors (Lipinski definition) is 10. The van der Waals surface area contributed by atoms with Crippen LogP contribution in [0.4, 0.5) is 0 Å². The molecule has 0 aliphatic carbocycles. The number of carbonyl (C=O) groups is 4. The number of carbonyl (C=O) groups excluding carboxylic acids is 4. The molecule has 0 saturated heterocycles. The molecule has 4 rings (SSSR count). The van der Waals surface area contributed by atoms with Crippen molar-refractivity contribution in [2.45, 2.75) is 75.7 Å². The number of thioether (sulfide) groups is 2. The maximum atomic E-state index is 12.1. The largest absolute Gasteiger partial charge is 0.493 e. The lowest BCUT2D eigenvalue weighted by molar-refractivity contribution is -0.123. The fourth-order valence-corrected chi connectivity index (χ4v) is 6.79. The third kappa shape index (κ3) is 13.9. The van der Waals surface area contributed by atoms with E-state index in [-0.39, 0.29) is 11.8 Å². The summed E-state index contributed by atoms with van der Waals surface area (Å²) >= 11 is 1.99. The van der Waals surface area contributed by atoms with E-state index in [4.69, 9.17) is 9.47 Å². The first kappa shape index (κ1) is 43.7.